The molecule has 144 valence electrons. The second kappa shape index (κ2) is 10.3. The summed E-state index contributed by atoms with van der Waals surface area (Å²) in [6, 6.07) is 21.4. The molecule has 0 heterocycles. The summed E-state index contributed by atoms with van der Waals surface area (Å²) in [4.78, 5) is 0. The van der Waals surface area contributed by atoms with Gasteiger partial charge < -0.3 is 0 Å². The van der Waals surface area contributed by atoms with Crippen LogP contribution >= 0.6 is 0 Å². The fourth-order valence-electron chi connectivity index (χ4n) is 2.94. The third kappa shape index (κ3) is 6.10. The number of halogens is 1. The zero-order valence-electron chi connectivity index (χ0n) is 17.1. The topological polar surface area (TPSA) is 0 Å². The van der Waals surface area contributed by atoms with E-state index in [1.165, 1.54) is 5.56 Å². The van der Waals surface area contributed by atoms with E-state index in [9.17, 15) is 4.39 Å². The lowest BCUT2D eigenvalue weighted by molar-refractivity contribution is 0.620. The highest BCUT2D eigenvalue weighted by atomic mass is 19.1. The van der Waals surface area contributed by atoms with Crippen LogP contribution in [0, 0.1) is 29.5 Å². The number of rotatable bonds is 4. The summed E-state index contributed by atoms with van der Waals surface area (Å²) in [5, 5.41) is 0. The van der Waals surface area contributed by atoms with Crippen molar-refractivity contribution in [3.63, 3.8) is 0 Å². The summed E-state index contributed by atoms with van der Waals surface area (Å²) >= 11 is 0. The summed E-state index contributed by atoms with van der Waals surface area (Å²) in [5.74, 6) is 12.1. The van der Waals surface area contributed by atoms with Crippen LogP contribution in [0.25, 0.3) is 0 Å². The van der Waals surface area contributed by atoms with Gasteiger partial charge in [0, 0.05) is 16.7 Å². The van der Waals surface area contributed by atoms with Gasteiger partial charge >= 0.3 is 0 Å². The average Bonchev–Trinajstić information content (AvgIpc) is 2.76. The molecule has 0 aliphatic carbocycles. The Morgan fingerprint density at radius 3 is 1.69 bits per heavy atom. The average molecular weight is 381 g/mol. The number of benzene rings is 3. The lowest BCUT2D eigenvalue weighted by Crippen LogP contribution is -1.90. The molecule has 0 N–H and O–H groups in total. The maximum Gasteiger partial charge on any atom is 0.139 e. The molecule has 0 amide bonds. The van der Waals surface area contributed by atoms with Gasteiger partial charge in [0.15, 0.2) is 0 Å². The summed E-state index contributed by atoms with van der Waals surface area (Å²) in [6.45, 7) is 4.28. The molecule has 29 heavy (non-hydrogen) atoms. The minimum Gasteiger partial charge on any atom is -0.206 e. The maximum absolute atomic E-state index is 14.2. The Bertz CT molecular complexity index is 1070. The van der Waals surface area contributed by atoms with Crippen LogP contribution in [-0.4, -0.2) is 0 Å². The first-order valence-electron chi connectivity index (χ1n) is 10.2. The van der Waals surface area contributed by atoms with E-state index < -0.39 is 0 Å². The number of hydrogen-bond acceptors (Lipinski definition) is 0. The summed E-state index contributed by atoms with van der Waals surface area (Å²) < 4.78 is 14.2. The van der Waals surface area contributed by atoms with Crippen molar-refractivity contribution in [1.82, 2.24) is 0 Å². The van der Waals surface area contributed by atoms with Crippen molar-refractivity contribution in [3.05, 3.63) is 106 Å². The minimum absolute atomic E-state index is 0.248. The molecular weight excluding hydrogens is 355 g/mol. The van der Waals surface area contributed by atoms with Crippen LogP contribution in [0.1, 0.15) is 60.1 Å². The van der Waals surface area contributed by atoms with Gasteiger partial charge in [-0.25, -0.2) is 4.39 Å². The van der Waals surface area contributed by atoms with Gasteiger partial charge in [-0.2, -0.15) is 0 Å². The summed E-state index contributed by atoms with van der Waals surface area (Å²) in [7, 11) is 0. The van der Waals surface area contributed by atoms with Crippen molar-refractivity contribution in [2.24, 2.45) is 0 Å². The monoisotopic (exact) mass is 380 g/mol. The van der Waals surface area contributed by atoms with E-state index in [4.69, 9.17) is 0 Å². The van der Waals surface area contributed by atoms with Gasteiger partial charge in [0.05, 0.1) is 5.56 Å². The molecule has 0 saturated carbocycles. The van der Waals surface area contributed by atoms with Crippen LogP contribution in [-0.2, 0) is 12.8 Å². The molecular formula is C28H25F. The molecule has 0 spiro atoms. The molecule has 0 fully saturated rings. The van der Waals surface area contributed by atoms with Gasteiger partial charge in [0.2, 0.25) is 0 Å². The Balaban J connectivity index is 1.68. The highest BCUT2D eigenvalue weighted by molar-refractivity contribution is 5.48. The first-order valence-corrected chi connectivity index (χ1v) is 10.2. The molecule has 0 radical (unpaired) electrons. The largest absolute Gasteiger partial charge is 0.206 e. The van der Waals surface area contributed by atoms with Gasteiger partial charge in [0.25, 0.3) is 0 Å². The molecule has 0 bridgehead atoms. The number of unbranched alkanes of at least 4 members (excludes halogenated alkanes) is 1. The first kappa shape index (κ1) is 20.4. The Kier molecular flexibility index (Phi) is 7.27. The molecule has 0 aromatic heterocycles. The molecule has 0 aliphatic heterocycles. The molecule has 3 aromatic carbocycles. The van der Waals surface area contributed by atoms with E-state index >= 15 is 0 Å². The zero-order valence-corrected chi connectivity index (χ0v) is 17.1. The van der Waals surface area contributed by atoms with Gasteiger partial charge in [-0.1, -0.05) is 62.1 Å². The lowest BCUT2D eigenvalue weighted by Gasteiger charge is -2.01. The minimum atomic E-state index is -0.248. The Morgan fingerprint density at radius 2 is 1.17 bits per heavy atom. The quantitative estimate of drug-likeness (QED) is 0.451. The molecule has 1 heteroatoms. The number of hydrogen-bond donors (Lipinski definition) is 0. The van der Waals surface area contributed by atoms with Crippen LogP contribution in [0.4, 0.5) is 4.39 Å². The van der Waals surface area contributed by atoms with Crippen molar-refractivity contribution < 1.29 is 4.39 Å². The van der Waals surface area contributed by atoms with Crippen LogP contribution in [0.3, 0.4) is 0 Å². The van der Waals surface area contributed by atoms with Crippen molar-refractivity contribution >= 4 is 0 Å². The van der Waals surface area contributed by atoms with Crippen molar-refractivity contribution in [1.29, 1.82) is 0 Å². The predicted molar refractivity (Wildman–Crippen MR) is 119 cm³/mol. The van der Waals surface area contributed by atoms with E-state index in [2.05, 4.69) is 49.7 Å². The van der Waals surface area contributed by atoms with Gasteiger partial charge in [-0.3, -0.25) is 0 Å². The summed E-state index contributed by atoms with van der Waals surface area (Å²) in [5.41, 5.74) is 5.56. The van der Waals surface area contributed by atoms with E-state index in [1.54, 1.807) is 12.1 Å². The maximum atomic E-state index is 14.2. The standard InChI is InChI=1S/C28H25F/c1-3-5-6-26-18-20-27(28(29)21-26)19-17-25-15-13-24(14-16-25)12-11-23-9-7-22(4-2)8-10-23/h7-10,13-16,18,20-21H,3-6H2,1-2H3. The fraction of sp³-hybridized carbons (Fsp3) is 0.214. The van der Waals surface area contributed by atoms with Crippen molar-refractivity contribution in [2.75, 3.05) is 0 Å². The van der Waals surface area contributed by atoms with Crippen LogP contribution in [0.5, 0.6) is 0 Å². The molecule has 0 saturated heterocycles. The molecule has 0 unspecified atom stereocenters. The zero-order chi connectivity index (χ0) is 20.5. The molecule has 0 nitrogen and oxygen atoms in total. The third-order valence-electron chi connectivity index (χ3n) is 4.79. The normalized spacial score (nSPS) is 9.90. The van der Waals surface area contributed by atoms with Crippen molar-refractivity contribution in [3.8, 4) is 23.7 Å². The SMILES string of the molecule is CCCCc1ccc(C#Cc2ccc(C#Cc3ccc(CC)cc3)cc2)c(F)c1. The summed E-state index contributed by atoms with van der Waals surface area (Å²) in [6.07, 6.45) is 4.12. The second-order valence-corrected chi connectivity index (χ2v) is 7.05. The van der Waals surface area contributed by atoms with Crippen LogP contribution < -0.4 is 0 Å². The molecule has 0 atom stereocenters. The van der Waals surface area contributed by atoms with E-state index in [0.717, 1.165) is 47.9 Å². The first-order chi connectivity index (χ1) is 14.2. The van der Waals surface area contributed by atoms with Crippen molar-refractivity contribution in [2.45, 2.75) is 39.5 Å². The van der Waals surface area contributed by atoms with E-state index in [0.29, 0.717) is 5.56 Å². The molecule has 0 aliphatic rings. The van der Waals surface area contributed by atoms with E-state index in [-0.39, 0.29) is 5.82 Å². The van der Waals surface area contributed by atoms with Crippen LogP contribution in [0.2, 0.25) is 0 Å². The highest BCUT2D eigenvalue weighted by Crippen LogP contribution is 2.12. The predicted octanol–water partition coefficient (Wildman–Crippen LogP) is 6.53. The number of aryl methyl sites for hydroxylation is 2. The van der Waals surface area contributed by atoms with Crippen LogP contribution in [0.15, 0.2) is 66.7 Å². The smallest absolute Gasteiger partial charge is 0.139 e. The highest BCUT2D eigenvalue weighted by Gasteiger charge is 2.01. The third-order valence-corrected chi connectivity index (χ3v) is 4.79. The second-order valence-electron chi connectivity index (χ2n) is 7.05. The lowest BCUT2D eigenvalue weighted by atomic mass is 10.1. The van der Waals surface area contributed by atoms with Gasteiger partial charge in [-0.05, 0) is 78.9 Å². The Labute approximate surface area is 173 Å². The van der Waals surface area contributed by atoms with Gasteiger partial charge in [0.1, 0.15) is 5.82 Å². The Morgan fingerprint density at radius 1 is 0.655 bits per heavy atom. The fourth-order valence-corrected chi connectivity index (χ4v) is 2.94. The molecule has 3 rings (SSSR count). The van der Waals surface area contributed by atoms with Gasteiger partial charge in [-0.15, -0.1) is 0 Å². The Hall–Kier alpha value is -3.29. The van der Waals surface area contributed by atoms with E-state index in [1.807, 2.05) is 42.5 Å². The molecule has 3 aromatic rings.